The molecule has 0 radical (unpaired) electrons. The molecule has 2 heterocycles. The van der Waals surface area contributed by atoms with E-state index in [4.69, 9.17) is 4.74 Å². The molecule has 1 unspecified atom stereocenters. The molecular formula is C18H24N4O4. The number of carbonyl (C=O) groups excluding carboxylic acids is 3. The molecule has 0 bridgehead atoms. The second-order valence-electron chi connectivity index (χ2n) is 6.44. The largest absolute Gasteiger partial charge is 0.497 e. The van der Waals surface area contributed by atoms with Crippen molar-refractivity contribution < 1.29 is 19.1 Å². The van der Waals surface area contributed by atoms with E-state index in [2.05, 4.69) is 16.0 Å². The molecule has 8 heteroatoms. The van der Waals surface area contributed by atoms with Crippen LogP contribution in [-0.2, 0) is 9.59 Å². The fourth-order valence-corrected chi connectivity index (χ4v) is 3.26. The molecule has 2 saturated heterocycles. The number of hydrogen-bond donors (Lipinski definition) is 3. The van der Waals surface area contributed by atoms with E-state index in [9.17, 15) is 14.4 Å². The molecule has 2 aliphatic rings. The lowest BCUT2D eigenvalue weighted by Gasteiger charge is -2.36. The van der Waals surface area contributed by atoms with Gasteiger partial charge < -0.3 is 25.6 Å². The summed E-state index contributed by atoms with van der Waals surface area (Å²) in [5, 5.41) is 8.68. The molecular weight excluding hydrogens is 336 g/mol. The van der Waals surface area contributed by atoms with Gasteiger partial charge in [-0.3, -0.25) is 14.4 Å². The number of ether oxygens (including phenoxy) is 1. The number of hydrogen-bond acceptors (Lipinski definition) is 5. The second kappa shape index (κ2) is 8.18. The van der Waals surface area contributed by atoms with Crippen LogP contribution in [0.3, 0.4) is 0 Å². The van der Waals surface area contributed by atoms with E-state index in [0.717, 1.165) is 6.42 Å². The van der Waals surface area contributed by atoms with E-state index in [1.807, 2.05) is 0 Å². The Kier molecular flexibility index (Phi) is 5.72. The third-order valence-electron chi connectivity index (χ3n) is 4.75. The summed E-state index contributed by atoms with van der Waals surface area (Å²) < 4.78 is 5.11. The number of amides is 3. The van der Waals surface area contributed by atoms with Gasteiger partial charge in [0.15, 0.2) is 0 Å². The number of methoxy groups -OCH3 is 1. The summed E-state index contributed by atoms with van der Waals surface area (Å²) in [4.78, 5) is 39.0. The Labute approximate surface area is 152 Å². The maximum absolute atomic E-state index is 12.9. The van der Waals surface area contributed by atoms with Crippen LogP contribution in [0.5, 0.6) is 5.75 Å². The van der Waals surface area contributed by atoms with Crippen molar-refractivity contribution in [3.63, 3.8) is 0 Å². The molecule has 0 spiro atoms. The van der Waals surface area contributed by atoms with Gasteiger partial charge in [0.2, 0.25) is 11.8 Å². The van der Waals surface area contributed by atoms with Crippen LogP contribution in [0, 0.1) is 0 Å². The van der Waals surface area contributed by atoms with Gasteiger partial charge in [0.05, 0.1) is 7.11 Å². The van der Waals surface area contributed by atoms with Gasteiger partial charge in [0, 0.05) is 31.7 Å². The van der Waals surface area contributed by atoms with Gasteiger partial charge in [0.25, 0.3) is 5.91 Å². The highest BCUT2D eigenvalue weighted by atomic mass is 16.5. The van der Waals surface area contributed by atoms with Crippen molar-refractivity contribution in [2.75, 3.05) is 33.3 Å². The summed E-state index contributed by atoms with van der Waals surface area (Å²) >= 11 is 0. The number of piperidine rings is 1. The number of rotatable bonds is 4. The van der Waals surface area contributed by atoms with Crippen LogP contribution in [0.25, 0.3) is 0 Å². The molecule has 0 aliphatic carbocycles. The van der Waals surface area contributed by atoms with Crippen molar-refractivity contribution in [1.29, 1.82) is 0 Å². The van der Waals surface area contributed by atoms with E-state index < -0.39 is 12.1 Å². The van der Waals surface area contributed by atoms with Crippen LogP contribution in [0.4, 0.5) is 0 Å². The summed E-state index contributed by atoms with van der Waals surface area (Å²) in [5.41, 5.74) is 0.501. The average molecular weight is 360 g/mol. The molecule has 2 fully saturated rings. The molecule has 1 aromatic rings. The Morgan fingerprint density at radius 2 is 2.00 bits per heavy atom. The van der Waals surface area contributed by atoms with Crippen molar-refractivity contribution in [1.82, 2.24) is 20.9 Å². The predicted molar refractivity (Wildman–Crippen MR) is 94.9 cm³/mol. The van der Waals surface area contributed by atoms with Crippen LogP contribution >= 0.6 is 0 Å². The lowest BCUT2D eigenvalue weighted by Crippen LogP contribution is -2.62. The van der Waals surface area contributed by atoms with Crippen molar-refractivity contribution in [3.05, 3.63) is 29.8 Å². The lowest BCUT2D eigenvalue weighted by atomic mass is 10.0. The smallest absolute Gasteiger partial charge is 0.254 e. The third-order valence-corrected chi connectivity index (χ3v) is 4.75. The Hall–Kier alpha value is -2.61. The SMILES string of the molecule is COc1ccc(C(=O)N2CCNCC2C(=O)N[C@H]2CCCNC2=O)cc1. The van der Waals surface area contributed by atoms with Gasteiger partial charge in [-0.05, 0) is 37.1 Å². The van der Waals surface area contributed by atoms with Gasteiger partial charge in [-0.15, -0.1) is 0 Å². The summed E-state index contributed by atoms with van der Waals surface area (Å²) in [6.07, 6.45) is 1.44. The first-order valence-electron chi connectivity index (χ1n) is 8.84. The van der Waals surface area contributed by atoms with Crippen LogP contribution < -0.4 is 20.7 Å². The quantitative estimate of drug-likeness (QED) is 0.673. The van der Waals surface area contributed by atoms with E-state index in [1.165, 1.54) is 0 Å². The van der Waals surface area contributed by atoms with Crippen LogP contribution in [0.2, 0.25) is 0 Å². The van der Waals surface area contributed by atoms with E-state index in [-0.39, 0.29) is 17.7 Å². The molecule has 0 aromatic heterocycles. The molecule has 2 aliphatic heterocycles. The summed E-state index contributed by atoms with van der Waals surface area (Å²) in [6.45, 7) is 2.05. The number of benzene rings is 1. The fraction of sp³-hybridized carbons (Fsp3) is 0.500. The average Bonchev–Trinajstić information content (AvgIpc) is 2.69. The zero-order valence-electron chi connectivity index (χ0n) is 14.8. The van der Waals surface area contributed by atoms with Gasteiger partial charge in [0.1, 0.15) is 17.8 Å². The predicted octanol–water partition coefficient (Wildman–Crippen LogP) is -0.496. The topological polar surface area (TPSA) is 99.8 Å². The standard InChI is InChI=1S/C18H24N4O4/c1-26-13-6-4-12(5-7-13)18(25)22-10-9-19-11-15(22)17(24)21-14-3-2-8-20-16(14)23/h4-7,14-15,19H,2-3,8-11H2,1H3,(H,20,23)(H,21,24)/t14-,15?/m0/s1. The van der Waals surface area contributed by atoms with Gasteiger partial charge >= 0.3 is 0 Å². The van der Waals surface area contributed by atoms with Gasteiger partial charge in [-0.25, -0.2) is 0 Å². The molecule has 2 atom stereocenters. The normalized spacial score (nSPS) is 23.1. The molecule has 3 amide bonds. The Bertz CT molecular complexity index is 676. The monoisotopic (exact) mass is 360 g/mol. The first-order chi connectivity index (χ1) is 12.6. The fourth-order valence-electron chi connectivity index (χ4n) is 3.26. The lowest BCUT2D eigenvalue weighted by molar-refractivity contribution is -0.132. The molecule has 3 rings (SSSR count). The van der Waals surface area contributed by atoms with E-state index in [0.29, 0.717) is 43.9 Å². The van der Waals surface area contributed by atoms with E-state index in [1.54, 1.807) is 36.3 Å². The minimum absolute atomic E-state index is 0.165. The summed E-state index contributed by atoms with van der Waals surface area (Å²) in [5.74, 6) is -0.00984. The Morgan fingerprint density at radius 1 is 1.23 bits per heavy atom. The van der Waals surface area contributed by atoms with Crippen molar-refractivity contribution in [2.45, 2.75) is 24.9 Å². The summed E-state index contributed by atoms with van der Waals surface area (Å²) in [6, 6.07) is 5.64. The molecule has 26 heavy (non-hydrogen) atoms. The number of nitrogens with zero attached hydrogens (tertiary/aromatic N) is 1. The first kappa shape index (κ1) is 18.2. The zero-order valence-corrected chi connectivity index (χ0v) is 14.8. The Balaban J connectivity index is 1.70. The number of piperazine rings is 1. The second-order valence-corrected chi connectivity index (χ2v) is 6.44. The molecule has 3 N–H and O–H groups in total. The highest BCUT2D eigenvalue weighted by Crippen LogP contribution is 2.16. The Morgan fingerprint density at radius 3 is 2.69 bits per heavy atom. The van der Waals surface area contributed by atoms with Crippen molar-refractivity contribution in [2.24, 2.45) is 0 Å². The molecule has 1 aromatic carbocycles. The zero-order chi connectivity index (χ0) is 18.5. The maximum Gasteiger partial charge on any atom is 0.254 e. The number of nitrogens with one attached hydrogen (secondary N) is 3. The highest BCUT2D eigenvalue weighted by molar-refractivity contribution is 5.98. The first-order valence-corrected chi connectivity index (χ1v) is 8.84. The van der Waals surface area contributed by atoms with Gasteiger partial charge in [-0.1, -0.05) is 0 Å². The molecule has 8 nitrogen and oxygen atoms in total. The molecule has 140 valence electrons. The van der Waals surface area contributed by atoms with Crippen LogP contribution in [-0.4, -0.2) is 68.0 Å². The molecule has 0 saturated carbocycles. The van der Waals surface area contributed by atoms with E-state index >= 15 is 0 Å². The van der Waals surface area contributed by atoms with Crippen LogP contribution in [0.15, 0.2) is 24.3 Å². The maximum atomic E-state index is 12.9. The van der Waals surface area contributed by atoms with Crippen molar-refractivity contribution in [3.8, 4) is 5.75 Å². The van der Waals surface area contributed by atoms with Crippen molar-refractivity contribution >= 4 is 17.7 Å². The minimum atomic E-state index is -0.645. The van der Waals surface area contributed by atoms with Gasteiger partial charge in [-0.2, -0.15) is 0 Å². The highest BCUT2D eigenvalue weighted by Gasteiger charge is 2.35. The summed E-state index contributed by atoms with van der Waals surface area (Å²) in [7, 11) is 1.56. The number of carbonyl (C=O) groups is 3. The minimum Gasteiger partial charge on any atom is -0.497 e. The third kappa shape index (κ3) is 3.96. The van der Waals surface area contributed by atoms with Crippen LogP contribution in [0.1, 0.15) is 23.2 Å².